The summed E-state index contributed by atoms with van der Waals surface area (Å²) < 4.78 is 1.20. The van der Waals surface area contributed by atoms with Gasteiger partial charge in [0.25, 0.3) is 0 Å². The highest BCUT2D eigenvalue weighted by atomic mass is 79.9. The number of benzene rings is 1. The lowest BCUT2D eigenvalue weighted by Gasteiger charge is -2.09. The molecule has 1 aliphatic rings. The zero-order valence-corrected chi connectivity index (χ0v) is 11.3. The lowest BCUT2D eigenvalue weighted by molar-refractivity contribution is 0.609. The maximum absolute atomic E-state index is 6.07. The predicted octanol–water partition coefficient (Wildman–Crippen LogP) is 3.59. The molecule has 0 spiro atoms. The van der Waals surface area contributed by atoms with Crippen molar-refractivity contribution in [3.05, 3.63) is 28.2 Å². The fourth-order valence-electron chi connectivity index (χ4n) is 1.67. The minimum absolute atomic E-state index is 0.171. The fourth-order valence-corrected chi connectivity index (χ4v) is 3.04. The van der Waals surface area contributed by atoms with E-state index in [1.807, 2.05) is 0 Å². The van der Waals surface area contributed by atoms with Crippen molar-refractivity contribution in [3.8, 4) is 0 Å². The normalized spacial score (nSPS) is 17.8. The van der Waals surface area contributed by atoms with Gasteiger partial charge in [0.15, 0.2) is 0 Å². The molecule has 0 atom stereocenters. The van der Waals surface area contributed by atoms with E-state index in [2.05, 4.69) is 40.4 Å². The van der Waals surface area contributed by atoms with Crippen LogP contribution in [0, 0.1) is 0 Å². The van der Waals surface area contributed by atoms with Gasteiger partial charge in [-0.2, -0.15) is 0 Å². The molecule has 1 aromatic rings. The minimum atomic E-state index is 0.171. The van der Waals surface area contributed by atoms with Crippen LogP contribution >= 0.6 is 27.7 Å². The molecule has 1 saturated carbocycles. The van der Waals surface area contributed by atoms with Crippen LogP contribution in [0.2, 0.25) is 0 Å². The summed E-state index contributed by atoms with van der Waals surface area (Å²) in [6, 6.07) is 6.61. The number of halogens is 1. The number of nitrogens with two attached hydrogens (primary N) is 1. The van der Waals surface area contributed by atoms with Crippen molar-refractivity contribution >= 4 is 27.7 Å². The Morgan fingerprint density at radius 3 is 2.73 bits per heavy atom. The van der Waals surface area contributed by atoms with Gasteiger partial charge in [0.1, 0.15) is 0 Å². The van der Waals surface area contributed by atoms with Crippen molar-refractivity contribution in [2.75, 3.05) is 6.26 Å². The van der Waals surface area contributed by atoms with E-state index in [4.69, 9.17) is 5.73 Å². The van der Waals surface area contributed by atoms with Gasteiger partial charge in [0.05, 0.1) is 0 Å². The molecule has 0 heterocycles. The third-order valence-electron chi connectivity index (χ3n) is 3.02. The molecular formula is C12H16BrNS. The Morgan fingerprint density at radius 1 is 1.47 bits per heavy atom. The van der Waals surface area contributed by atoms with Gasteiger partial charge < -0.3 is 5.73 Å². The highest BCUT2D eigenvalue weighted by molar-refractivity contribution is 9.10. The molecule has 3 heteroatoms. The molecule has 0 aromatic heterocycles. The van der Waals surface area contributed by atoms with Gasteiger partial charge >= 0.3 is 0 Å². The van der Waals surface area contributed by atoms with Crippen molar-refractivity contribution in [1.82, 2.24) is 0 Å². The first-order valence-corrected chi connectivity index (χ1v) is 7.26. The first-order valence-electron chi connectivity index (χ1n) is 5.24. The molecule has 0 bridgehead atoms. The van der Waals surface area contributed by atoms with E-state index >= 15 is 0 Å². The number of aryl methyl sites for hydroxylation is 1. The zero-order chi connectivity index (χ0) is 10.9. The second-order valence-electron chi connectivity index (χ2n) is 4.33. The Hall–Kier alpha value is 0.01000. The molecule has 2 N–H and O–H groups in total. The van der Waals surface area contributed by atoms with Crippen molar-refractivity contribution < 1.29 is 0 Å². The summed E-state index contributed by atoms with van der Waals surface area (Å²) in [5, 5.41) is 0. The Kier molecular flexibility index (Phi) is 3.43. The highest BCUT2D eigenvalue weighted by Gasteiger charge is 2.37. The Labute approximate surface area is 104 Å². The second kappa shape index (κ2) is 4.48. The molecular weight excluding hydrogens is 270 g/mol. The molecule has 2 rings (SSSR count). The van der Waals surface area contributed by atoms with Crippen LogP contribution in [-0.4, -0.2) is 11.8 Å². The summed E-state index contributed by atoms with van der Waals surface area (Å²) in [5.74, 6) is 0. The monoisotopic (exact) mass is 285 g/mol. The molecule has 0 saturated heterocycles. The largest absolute Gasteiger partial charge is 0.325 e. The Balaban J connectivity index is 1.99. The molecule has 82 valence electrons. The van der Waals surface area contributed by atoms with Gasteiger partial charge in [-0.3, -0.25) is 0 Å². The van der Waals surface area contributed by atoms with Crippen molar-refractivity contribution in [2.24, 2.45) is 5.73 Å². The Morgan fingerprint density at radius 2 is 2.20 bits per heavy atom. The van der Waals surface area contributed by atoms with E-state index in [1.54, 1.807) is 11.8 Å². The third kappa shape index (κ3) is 2.99. The van der Waals surface area contributed by atoms with E-state index in [1.165, 1.54) is 27.8 Å². The smallest absolute Gasteiger partial charge is 0.0313 e. The van der Waals surface area contributed by atoms with E-state index < -0.39 is 0 Å². The van der Waals surface area contributed by atoms with Crippen LogP contribution in [0.4, 0.5) is 0 Å². The summed E-state index contributed by atoms with van der Waals surface area (Å²) in [6.45, 7) is 0. The van der Waals surface area contributed by atoms with Crippen LogP contribution in [0.5, 0.6) is 0 Å². The van der Waals surface area contributed by atoms with E-state index in [0.29, 0.717) is 0 Å². The second-order valence-corrected chi connectivity index (χ2v) is 6.03. The average Bonchev–Trinajstić information content (AvgIpc) is 2.95. The lowest BCUT2D eigenvalue weighted by Crippen LogP contribution is -2.22. The quantitative estimate of drug-likeness (QED) is 0.856. The number of thioether (sulfide) groups is 1. The summed E-state index contributed by atoms with van der Waals surface area (Å²) in [4.78, 5) is 1.30. The van der Waals surface area contributed by atoms with Gasteiger partial charge in [0, 0.05) is 14.9 Å². The van der Waals surface area contributed by atoms with E-state index in [0.717, 1.165) is 12.8 Å². The topological polar surface area (TPSA) is 26.0 Å². The van der Waals surface area contributed by atoms with E-state index in [9.17, 15) is 0 Å². The summed E-state index contributed by atoms with van der Waals surface area (Å²) in [6.07, 6.45) is 6.73. The summed E-state index contributed by atoms with van der Waals surface area (Å²) >= 11 is 5.36. The van der Waals surface area contributed by atoms with Crippen LogP contribution < -0.4 is 5.73 Å². The molecule has 0 radical (unpaired) electrons. The summed E-state index contributed by atoms with van der Waals surface area (Å²) in [7, 11) is 0. The molecule has 1 nitrogen and oxygen atoms in total. The first-order chi connectivity index (χ1) is 7.13. The lowest BCUT2D eigenvalue weighted by atomic mass is 10.0. The van der Waals surface area contributed by atoms with Gasteiger partial charge in [-0.25, -0.2) is 0 Å². The molecule has 0 aliphatic heterocycles. The van der Waals surface area contributed by atoms with Crippen LogP contribution in [0.3, 0.4) is 0 Å². The summed E-state index contributed by atoms with van der Waals surface area (Å²) in [5.41, 5.74) is 7.63. The molecule has 0 amide bonds. The molecule has 1 aliphatic carbocycles. The van der Waals surface area contributed by atoms with Gasteiger partial charge in [-0.15, -0.1) is 11.8 Å². The molecule has 1 fully saturated rings. The highest BCUT2D eigenvalue weighted by Crippen LogP contribution is 2.37. The number of rotatable bonds is 4. The SMILES string of the molecule is CSc1ccc(CCC2(N)CC2)cc1Br. The standard InChI is InChI=1S/C12H16BrNS/c1-15-11-3-2-9(8-10(11)13)4-5-12(14)6-7-12/h2-3,8H,4-7,14H2,1H3. The van der Waals surface area contributed by atoms with Crippen molar-refractivity contribution in [1.29, 1.82) is 0 Å². The maximum atomic E-state index is 6.07. The fraction of sp³-hybridized carbons (Fsp3) is 0.500. The zero-order valence-electron chi connectivity index (χ0n) is 8.92. The number of hydrogen-bond donors (Lipinski definition) is 1. The van der Waals surface area contributed by atoms with Crippen LogP contribution in [0.15, 0.2) is 27.6 Å². The third-order valence-corrected chi connectivity index (χ3v) is 4.73. The molecule has 0 unspecified atom stereocenters. The van der Waals surface area contributed by atoms with Crippen molar-refractivity contribution in [2.45, 2.75) is 36.1 Å². The van der Waals surface area contributed by atoms with Gasteiger partial charge in [0.2, 0.25) is 0 Å². The van der Waals surface area contributed by atoms with Crippen LogP contribution in [0.1, 0.15) is 24.8 Å². The van der Waals surface area contributed by atoms with Crippen LogP contribution in [0.25, 0.3) is 0 Å². The predicted molar refractivity (Wildman–Crippen MR) is 70.4 cm³/mol. The Bertz CT molecular complexity index is 361. The van der Waals surface area contributed by atoms with E-state index in [-0.39, 0.29) is 5.54 Å². The molecule has 1 aromatic carbocycles. The van der Waals surface area contributed by atoms with Crippen LogP contribution in [-0.2, 0) is 6.42 Å². The minimum Gasteiger partial charge on any atom is -0.325 e. The molecule has 15 heavy (non-hydrogen) atoms. The maximum Gasteiger partial charge on any atom is 0.0313 e. The van der Waals surface area contributed by atoms with Gasteiger partial charge in [-0.05, 0) is 65.6 Å². The average molecular weight is 286 g/mol. The van der Waals surface area contributed by atoms with Gasteiger partial charge in [-0.1, -0.05) is 6.07 Å². The number of hydrogen-bond acceptors (Lipinski definition) is 2. The van der Waals surface area contributed by atoms with Crippen molar-refractivity contribution in [3.63, 3.8) is 0 Å². The first kappa shape index (κ1) is 11.5.